The van der Waals surface area contributed by atoms with Crippen LogP contribution in [-0.2, 0) is 4.74 Å². The summed E-state index contributed by atoms with van der Waals surface area (Å²) in [4.78, 5) is 12.7. The van der Waals surface area contributed by atoms with Crippen LogP contribution in [0.5, 0.6) is 5.75 Å². The van der Waals surface area contributed by atoms with Crippen molar-refractivity contribution in [2.45, 2.75) is 45.8 Å². The van der Waals surface area contributed by atoms with E-state index in [1.54, 1.807) is 18.2 Å². The molecule has 27 heavy (non-hydrogen) atoms. The molecule has 0 spiro atoms. The summed E-state index contributed by atoms with van der Waals surface area (Å²) in [5, 5.41) is 3.00. The average molecular weight is 367 g/mol. The first-order valence-electron chi connectivity index (χ1n) is 9.19. The number of allylic oxidation sites excluding steroid dienone is 4. The van der Waals surface area contributed by atoms with Gasteiger partial charge in [0.05, 0.1) is 6.04 Å². The lowest BCUT2D eigenvalue weighted by atomic mass is 9.93. The minimum Gasteiger partial charge on any atom is -0.457 e. The van der Waals surface area contributed by atoms with Gasteiger partial charge in [-0.15, -0.1) is 0 Å². The minimum absolute atomic E-state index is 0.401. The van der Waals surface area contributed by atoms with Crippen LogP contribution < -0.4 is 10.1 Å². The number of alkyl carbamates (subject to hydrolysis) is 1. The number of carbonyl (C=O) groups excluding carboxylic acids is 1. The molecule has 1 unspecified atom stereocenters. The molecule has 0 radical (unpaired) electrons. The van der Waals surface area contributed by atoms with Crippen LogP contribution >= 0.6 is 0 Å². The zero-order chi connectivity index (χ0) is 20.0. The first-order chi connectivity index (χ1) is 12.8. The summed E-state index contributed by atoms with van der Waals surface area (Å²) >= 11 is 0. The second kappa shape index (κ2) is 8.76. The van der Waals surface area contributed by atoms with Crippen LogP contribution in [0.2, 0.25) is 0 Å². The fraction of sp³-hybridized carbons (Fsp3) is 0.348. The molecule has 0 fully saturated rings. The summed E-state index contributed by atoms with van der Waals surface area (Å²) in [5.74, 6) is 1.74. The molecule has 0 aromatic heterocycles. The van der Waals surface area contributed by atoms with Crippen molar-refractivity contribution in [1.29, 1.82) is 0 Å². The van der Waals surface area contributed by atoms with E-state index in [-0.39, 0.29) is 0 Å². The first kappa shape index (κ1) is 20.6. The summed E-state index contributed by atoms with van der Waals surface area (Å²) in [5.41, 5.74) is 1.11. The van der Waals surface area contributed by atoms with Gasteiger partial charge in [0.25, 0.3) is 0 Å². The molecule has 0 saturated carbocycles. The van der Waals surface area contributed by atoms with Gasteiger partial charge >= 0.3 is 6.09 Å². The lowest BCUT2D eigenvalue weighted by molar-refractivity contribution is 0.0227. The van der Waals surface area contributed by atoms with Crippen LogP contribution in [0.4, 0.5) is 4.79 Å². The van der Waals surface area contributed by atoms with Gasteiger partial charge in [0.15, 0.2) is 0 Å². The summed E-state index contributed by atoms with van der Waals surface area (Å²) in [7, 11) is 0. The van der Waals surface area contributed by atoms with E-state index in [1.165, 1.54) is 0 Å². The number of para-hydroxylation sites is 1. The Balaban J connectivity index is 2.34. The maximum atomic E-state index is 12.7. The van der Waals surface area contributed by atoms with Crippen molar-refractivity contribution in [2.24, 2.45) is 5.92 Å². The van der Waals surface area contributed by atoms with E-state index in [9.17, 15) is 4.79 Å². The van der Waals surface area contributed by atoms with Crippen LogP contribution in [0.15, 0.2) is 73.1 Å². The Bertz CT molecular complexity index is 772. The van der Waals surface area contributed by atoms with Crippen LogP contribution in [0.3, 0.4) is 0 Å². The van der Waals surface area contributed by atoms with Crippen LogP contribution in [0, 0.1) is 5.92 Å². The molecule has 1 aliphatic rings. The molecule has 144 valence electrons. The lowest BCUT2D eigenvalue weighted by Gasteiger charge is -2.32. The highest BCUT2D eigenvalue weighted by atomic mass is 16.6. The van der Waals surface area contributed by atoms with E-state index in [4.69, 9.17) is 9.47 Å². The van der Waals surface area contributed by atoms with Gasteiger partial charge in [-0.25, -0.2) is 4.79 Å². The van der Waals surface area contributed by atoms with E-state index in [0.29, 0.717) is 17.4 Å². The van der Waals surface area contributed by atoms with Crippen molar-refractivity contribution in [3.8, 4) is 5.75 Å². The Kier molecular flexibility index (Phi) is 6.67. The van der Waals surface area contributed by atoms with Crippen molar-refractivity contribution in [2.75, 3.05) is 0 Å². The maximum absolute atomic E-state index is 12.7. The second-order valence-electron chi connectivity index (χ2n) is 7.59. The maximum Gasteiger partial charge on any atom is 0.408 e. The SMILES string of the molecule is C=CC=C1/C(=C\C=C)Oc2ccccc2C1NC(=O)OC(C)(C)CC(C)C. The molecule has 4 nitrogen and oxygen atoms in total. The zero-order valence-corrected chi connectivity index (χ0v) is 16.6. The van der Waals surface area contributed by atoms with E-state index in [1.807, 2.05) is 44.2 Å². The van der Waals surface area contributed by atoms with E-state index in [0.717, 1.165) is 17.6 Å². The van der Waals surface area contributed by atoms with Gasteiger partial charge in [-0.1, -0.05) is 63.4 Å². The highest BCUT2D eigenvalue weighted by Crippen LogP contribution is 2.40. The number of benzene rings is 1. The molecule has 1 atom stereocenters. The van der Waals surface area contributed by atoms with Gasteiger partial charge in [0, 0.05) is 11.1 Å². The Labute approximate surface area is 162 Å². The number of carbonyl (C=O) groups is 1. The largest absolute Gasteiger partial charge is 0.457 e. The van der Waals surface area contributed by atoms with Crippen molar-refractivity contribution in [3.63, 3.8) is 0 Å². The van der Waals surface area contributed by atoms with Gasteiger partial charge < -0.3 is 14.8 Å². The Hall–Kier alpha value is -2.75. The standard InChI is InChI=1S/C23H29NO3/c1-7-11-17-19(12-8-2)26-20-14-10-9-13-18(20)21(17)24-22(25)27-23(5,6)15-16(3)4/h7-14,16,21H,1-2,15H2,3-6H3,(H,24,25)/b17-11?,19-12+. The molecule has 1 aromatic rings. The Morgan fingerprint density at radius 2 is 1.93 bits per heavy atom. The number of amides is 1. The van der Waals surface area contributed by atoms with Gasteiger partial charge in [-0.05, 0) is 38.3 Å². The fourth-order valence-electron chi connectivity index (χ4n) is 3.42. The summed E-state index contributed by atoms with van der Waals surface area (Å²) in [6, 6.07) is 7.22. The summed E-state index contributed by atoms with van der Waals surface area (Å²) < 4.78 is 11.7. The number of hydrogen-bond acceptors (Lipinski definition) is 3. The molecule has 1 aliphatic heterocycles. The molecule has 1 aromatic carbocycles. The van der Waals surface area contributed by atoms with Gasteiger partial charge in [-0.3, -0.25) is 0 Å². The third kappa shape index (κ3) is 5.36. The second-order valence-corrected chi connectivity index (χ2v) is 7.59. The van der Waals surface area contributed by atoms with Crippen molar-refractivity contribution < 1.29 is 14.3 Å². The number of rotatable bonds is 6. The highest BCUT2D eigenvalue weighted by Gasteiger charge is 2.32. The molecule has 0 aliphatic carbocycles. The Morgan fingerprint density at radius 1 is 1.26 bits per heavy atom. The van der Waals surface area contributed by atoms with Gasteiger partial charge in [0.2, 0.25) is 0 Å². The smallest absolute Gasteiger partial charge is 0.408 e. The molecule has 0 saturated heterocycles. The average Bonchev–Trinajstić information content (AvgIpc) is 2.56. The Morgan fingerprint density at radius 3 is 2.56 bits per heavy atom. The minimum atomic E-state index is -0.551. The predicted molar refractivity (Wildman–Crippen MR) is 110 cm³/mol. The molecule has 1 N–H and O–H groups in total. The summed E-state index contributed by atoms with van der Waals surface area (Å²) in [6.45, 7) is 15.6. The zero-order valence-electron chi connectivity index (χ0n) is 16.6. The first-order valence-corrected chi connectivity index (χ1v) is 9.19. The molecular formula is C23H29NO3. The van der Waals surface area contributed by atoms with Gasteiger partial charge in [0.1, 0.15) is 17.1 Å². The van der Waals surface area contributed by atoms with Crippen LogP contribution in [-0.4, -0.2) is 11.7 Å². The number of fused-ring (bicyclic) bond motifs is 1. The molecular weight excluding hydrogens is 338 g/mol. The third-order valence-electron chi connectivity index (χ3n) is 4.14. The van der Waals surface area contributed by atoms with Crippen LogP contribution in [0.1, 0.15) is 45.7 Å². The number of nitrogens with one attached hydrogen (secondary N) is 1. The molecule has 1 amide bonds. The quantitative estimate of drug-likeness (QED) is 0.686. The summed E-state index contributed by atoms with van der Waals surface area (Å²) in [6.07, 6.45) is 7.24. The third-order valence-corrected chi connectivity index (χ3v) is 4.14. The van der Waals surface area contributed by atoms with Crippen molar-refractivity contribution in [3.05, 3.63) is 78.6 Å². The normalized spacial score (nSPS) is 19.4. The molecule has 4 heteroatoms. The molecule has 2 rings (SSSR count). The monoisotopic (exact) mass is 367 g/mol. The molecule has 0 bridgehead atoms. The molecule has 1 heterocycles. The number of ether oxygens (including phenoxy) is 2. The van der Waals surface area contributed by atoms with E-state index in [2.05, 4.69) is 32.3 Å². The van der Waals surface area contributed by atoms with Crippen molar-refractivity contribution >= 4 is 6.09 Å². The van der Waals surface area contributed by atoms with Crippen LogP contribution in [0.25, 0.3) is 0 Å². The van der Waals surface area contributed by atoms with Gasteiger partial charge in [-0.2, -0.15) is 0 Å². The fourth-order valence-corrected chi connectivity index (χ4v) is 3.42. The number of hydrogen-bond donors (Lipinski definition) is 1. The van der Waals surface area contributed by atoms with Crippen molar-refractivity contribution in [1.82, 2.24) is 5.32 Å². The lowest BCUT2D eigenvalue weighted by Crippen LogP contribution is -2.39. The topological polar surface area (TPSA) is 47.6 Å². The van der Waals surface area contributed by atoms with E-state index >= 15 is 0 Å². The van der Waals surface area contributed by atoms with E-state index < -0.39 is 17.7 Å². The highest BCUT2D eigenvalue weighted by molar-refractivity contribution is 5.70. The predicted octanol–water partition coefficient (Wildman–Crippen LogP) is 5.85.